The Morgan fingerprint density at radius 2 is 1.61 bits per heavy atom. The Hall–Kier alpha value is -2.11. The molecule has 1 aliphatic heterocycles. The summed E-state index contributed by atoms with van der Waals surface area (Å²) in [6.07, 6.45) is 1.82. The van der Waals surface area contributed by atoms with Crippen LogP contribution >= 0.6 is 0 Å². The molecule has 1 aromatic rings. The standard InChI is InChI=1S/C23H28N2O3/c1-15-16(8-5-9-25-12-10-24(2)11-13-25)21-19(14-20(15)26)22(27)17-6-3-4-7-18(17)23(21)28/h3-4,6-7,15-16H,5,8-14H2,1-2H3. The van der Waals surface area contributed by atoms with Crippen LogP contribution in [0.5, 0.6) is 0 Å². The minimum Gasteiger partial charge on any atom is -0.304 e. The molecule has 2 unspecified atom stereocenters. The fourth-order valence-corrected chi connectivity index (χ4v) is 4.82. The van der Waals surface area contributed by atoms with Gasteiger partial charge >= 0.3 is 0 Å². The van der Waals surface area contributed by atoms with Gasteiger partial charge in [-0.1, -0.05) is 31.2 Å². The van der Waals surface area contributed by atoms with Crippen LogP contribution in [-0.2, 0) is 4.79 Å². The van der Waals surface area contributed by atoms with E-state index in [4.69, 9.17) is 0 Å². The number of benzene rings is 1. The predicted octanol–water partition coefficient (Wildman–Crippen LogP) is 2.61. The van der Waals surface area contributed by atoms with Crippen LogP contribution < -0.4 is 0 Å². The SMILES string of the molecule is CC1C(=O)CC2=C(C(=O)c3ccccc3C2=O)C1CCCN1CCN(C)CC1. The van der Waals surface area contributed by atoms with Gasteiger partial charge in [0.05, 0.1) is 0 Å². The van der Waals surface area contributed by atoms with E-state index in [1.54, 1.807) is 24.3 Å². The molecule has 28 heavy (non-hydrogen) atoms. The molecule has 2 atom stereocenters. The van der Waals surface area contributed by atoms with Gasteiger partial charge in [-0.3, -0.25) is 14.4 Å². The third-order valence-electron chi connectivity index (χ3n) is 6.68. The van der Waals surface area contributed by atoms with Crippen molar-refractivity contribution in [2.45, 2.75) is 26.2 Å². The maximum atomic E-state index is 13.2. The zero-order valence-electron chi connectivity index (χ0n) is 16.7. The second-order valence-corrected chi connectivity index (χ2v) is 8.42. The van der Waals surface area contributed by atoms with Crippen LogP contribution in [0.15, 0.2) is 35.4 Å². The second-order valence-electron chi connectivity index (χ2n) is 8.42. The number of ketones is 3. The number of piperazine rings is 1. The Labute approximate surface area is 166 Å². The van der Waals surface area contributed by atoms with E-state index in [0.29, 0.717) is 22.3 Å². The lowest BCUT2D eigenvalue weighted by atomic mass is 9.67. The molecule has 5 nitrogen and oxygen atoms in total. The predicted molar refractivity (Wildman–Crippen MR) is 108 cm³/mol. The summed E-state index contributed by atoms with van der Waals surface area (Å²) >= 11 is 0. The Morgan fingerprint density at radius 1 is 0.964 bits per heavy atom. The first kappa shape index (κ1) is 19.2. The van der Waals surface area contributed by atoms with E-state index in [-0.39, 0.29) is 35.6 Å². The summed E-state index contributed by atoms with van der Waals surface area (Å²) in [5.41, 5.74) is 2.02. The quantitative estimate of drug-likeness (QED) is 0.804. The summed E-state index contributed by atoms with van der Waals surface area (Å²) in [4.78, 5) is 43.6. The van der Waals surface area contributed by atoms with Crippen molar-refractivity contribution in [3.05, 3.63) is 46.5 Å². The van der Waals surface area contributed by atoms with Crippen molar-refractivity contribution in [1.82, 2.24) is 9.80 Å². The average Bonchev–Trinajstić information content (AvgIpc) is 2.70. The lowest BCUT2D eigenvalue weighted by Crippen LogP contribution is -2.45. The molecule has 0 amide bonds. The highest BCUT2D eigenvalue weighted by molar-refractivity contribution is 6.28. The summed E-state index contributed by atoms with van der Waals surface area (Å²) in [5, 5.41) is 0. The Balaban J connectivity index is 1.54. The highest BCUT2D eigenvalue weighted by Crippen LogP contribution is 2.41. The van der Waals surface area contributed by atoms with E-state index in [1.165, 1.54) is 0 Å². The van der Waals surface area contributed by atoms with Gasteiger partial charge in [0.1, 0.15) is 5.78 Å². The van der Waals surface area contributed by atoms with E-state index >= 15 is 0 Å². The van der Waals surface area contributed by atoms with Gasteiger partial charge in [-0.25, -0.2) is 0 Å². The van der Waals surface area contributed by atoms with Crippen molar-refractivity contribution in [2.24, 2.45) is 11.8 Å². The largest absolute Gasteiger partial charge is 0.304 e. The minimum atomic E-state index is -0.201. The number of nitrogens with zero attached hydrogens (tertiary/aromatic N) is 2. The summed E-state index contributed by atoms with van der Waals surface area (Å²) in [5.74, 6) is -0.436. The highest BCUT2D eigenvalue weighted by Gasteiger charge is 2.43. The van der Waals surface area contributed by atoms with Gasteiger partial charge in [0.15, 0.2) is 11.6 Å². The van der Waals surface area contributed by atoms with Crippen molar-refractivity contribution < 1.29 is 14.4 Å². The summed E-state index contributed by atoms with van der Waals surface area (Å²) in [6, 6.07) is 7.01. The van der Waals surface area contributed by atoms with Crippen molar-refractivity contribution in [3.63, 3.8) is 0 Å². The Bertz CT molecular complexity index is 849. The van der Waals surface area contributed by atoms with Gasteiger partial charge in [0.2, 0.25) is 0 Å². The molecule has 1 fully saturated rings. The minimum absolute atomic E-state index is 0.0471. The van der Waals surface area contributed by atoms with Gasteiger partial charge in [-0.15, -0.1) is 0 Å². The van der Waals surface area contributed by atoms with Gasteiger partial charge in [0.25, 0.3) is 0 Å². The zero-order chi connectivity index (χ0) is 19.8. The van der Waals surface area contributed by atoms with Crippen molar-refractivity contribution in [1.29, 1.82) is 0 Å². The number of Topliss-reactive ketones (excluding diaryl/α,β-unsaturated/α-hetero) is 3. The second kappa shape index (κ2) is 7.72. The van der Waals surface area contributed by atoms with Gasteiger partial charge in [0, 0.05) is 60.8 Å². The molecule has 4 rings (SSSR count). The first-order valence-corrected chi connectivity index (χ1v) is 10.3. The Kier molecular flexibility index (Phi) is 5.30. The van der Waals surface area contributed by atoms with E-state index in [9.17, 15) is 14.4 Å². The molecule has 5 heteroatoms. The molecule has 0 aromatic heterocycles. The zero-order valence-corrected chi connectivity index (χ0v) is 16.7. The molecule has 1 aromatic carbocycles. The van der Waals surface area contributed by atoms with Crippen LogP contribution in [0.3, 0.4) is 0 Å². The smallest absolute Gasteiger partial charge is 0.190 e. The number of hydrogen-bond acceptors (Lipinski definition) is 5. The van der Waals surface area contributed by atoms with Crippen LogP contribution in [0.2, 0.25) is 0 Å². The molecule has 1 saturated heterocycles. The molecule has 0 saturated carbocycles. The summed E-state index contributed by atoms with van der Waals surface area (Å²) in [6.45, 7) is 7.19. The van der Waals surface area contributed by atoms with E-state index in [2.05, 4.69) is 16.8 Å². The fraction of sp³-hybridized carbons (Fsp3) is 0.522. The van der Waals surface area contributed by atoms with Crippen molar-refractivity contribution in [3.8, 4) is 0 Å². The van der Waals surface area contributed by atoms with Crippen LogP contribution in [-0.4, -0.2) is 66.9 Å². The van der Waals surface area contributed by atoms with E-state index in [1.807, 2.05) is 6.92 Å². The number of allylic oxidation sites excluding steroid dienone is 2. The summed E-state index contributed by atoms with van der Waals surface area (Å²) in [7, 11) is 2.14. The lowest BCUT2D eigenvalue weighted by molar-refractivity contribution is -0.123. The monoisotopic (exact) mass is 380 g/mol. The topological polar surface area (TPSA) is 57.7 Å². The molecular formula is C23H28N2O3. The maximum Gasteiger partial charge on any atom is 0.190 e. The number of likely N-dealkylation sites (N-methyl/N-ethyl adjacent to an activating group) is 1. The van der Waals surface area contributed by atoms with Crippen molar-refractivity contribution in [2.75, 3.05) is 39.8 Å². The number of carbonyl (C=O) groups excluding carboxylic acids is 3. The summed E-state index contributed by atoms with van der Waals surface area (Å²) < 4.78 is 0. The number of fused-ring (bicyclic) bond motifs is 1. The van der Waals surface area contributed by atoms with E-state index in [0.717, 1.165) is 45.6 Å². The first-order valence-electron chi connectivity index (χ1n) is 10.3. The lowest BCUT2D eigenvalue weighted by Gasteiger charge is -2.36. The molecular weight excluding hydrogens is 352 g/mol. The molecule has 0 spiro atoms. The fourth-order valence-electron chi connectivity index (χ4n) is 4.82. The van der Waals surface area contributed by atoms with Crippen LogP contribution in [0.4, 0.5) is 0 Å². The third kappa shape index (κ3) is 3.38. The van der Waals surface area contributed by atoms with Crippen LogP contribution in [0.1, 0.15) is 46.9 Å². The maximum absolute atomic E-state index is 13.2. The Morgan fingerprint density at radius 3 is 2.29 bits per heavy atom. The average molecular weight is 380 g/mol. The molecule has 1 heterocycles. The molecule has 2 aliphatic carbocycles. The molecule has 3 aliphatic rings. The molecule has 0 N–H and O–H groups in total. The first-order chi connectivity index (χ1) is 13.5. The third-order valence-corrected chi connectivity index (χ3v) is 6.68. The van der Waals surface area contributed by atoms with Gasteiger partial charge in [-0.05, 0) is 32.4 Å². The van der Waals surface area contributed by atoms with Gasteiger partial charge in [-0.2, -0.15) is 0 Å². The van der Waals surface area contributed by atoms with E-state index < -0.39 is 0 Å². The molecule has 148 valence electrons. The van der Waals surface area contributed by atoms with Gasteiger partial charge < -0.3 is 9.80 Å². The van der Waals surface area contributed by atoms with Crippen molar-refractivity contribution >= 4 is 17.3 Å². The number of carbonyl (C=O) groups is 3. The van der Waals surface area contributed by atoms with Crippen LogP contribution in [0, 0.1) is 11.8 Å². The number of hydrogen-bond donors (Lipinski definition) is 0. The van der Waals surface area contributed by atoms with Crippen LogP contribution in [0.25, 0.3) is 0 Å². The molecule has 0 bridgehead atoms. The number of rotatable bonds is 4. The highest BCUT2D eigenvalue weighted by atomic mass is 16.1. The molecule has 0 radical (unpaired) electrons. The normalized spacial score (nSPS) is 26.4.